The standard InChI is InChI=1S/C16H16ClFN2O4S2/c17-12-6-7-16(15(18)10-12)25(21,22)19-13-4-3-5-14(11-13)26(23,24)20-8-1-2-9-20/h3-7,10-11,19H,1-2,8-9H2. The molecule has 0 radical (unpaired) electrons. The van der Waals surface area contributed by atoms with Crippen LogP contribution in [0.15, 0.2) is 52.3 Å². The molecule has 0 unspecified atom stereocenters. The zero-order chi connectivity index (χ0) is 18.9. The number of nitrogens with one attached hydrogen (secondary N) is 1. The Morgan fingerprint density at radius 1 is 1.00 bits per heavy atom. The summed E-state index contributed by atoms with van der Waals surface area (Å²) in [5, 5.41) is 0.0696. The predicted octanol–water partition coefficient (Wildman–Crippen LogP) is 3.06. The van der Waals surface area contributed by atoms with Gasteiger partial charge in [0.15, 0.2) is 0 Å². The summed E-state index contributed by atoms with van der Waals surface area (Å²) in [5.74, 6) is -0.995. The van der Waals surface area contributed by atoms with Crippen molar-refractivity contribution in [1.82, 2.24) is 4.31 Å². The summed E-state index contributed by atoms with van der Waals surface area (Å²) in [6, 6.07) is 8.64. The molecule has 1 heterocycles. The number of rotatable bonds is 5. The molecule has 1 N–H and O–H groups in total. The van der Waals surface area contributed by atoms with E-state index in [0.29, 0.717) is 13.1 Å². The Kier molecular flexibility index (Phi) is 5.25. The maximum Gasteiger partial charge on any atom is 0.264 e. The minimum atomic E-state index is -4.23. The van der Waals surface area contributed by atoms with Crippen LogP contribution in [0.4, 0.5) is 10.1 Å². The summed E-state index contributed by atoms with van der Waals surface area (Å²) in [6.07, 6.45) is 1.59. The summed E-state index contributed by atoms with van der Waals surface area (Å²) < 4.78 is 67.4. The summed E-state index contributed by atoms with van der Waals surface area (Å²) in [5.41, 5.74) is 0.0274. The van der Waals surface area contributed by atoms with Crippen LogP contribution in [0, 0.1) is 5.82 Å². The van der Waals surface area contributed by atoms with Crippen molar-refractivity contribution in [3.05, 3.63) is 53.3 Å². The summed E-state index contributed by atoms with van der Waals surface area (Å²) in [6.45, 7) is 0.878. The van der Waals surface area contributed by atoms with Crippen molar-refractivity contribution in [2.75, 3.05) is 17.8 Å². The number of halogens is 2. The van der Waals surface area contributed by atoms with Crippen LogP contribution in [-0.2, 0) is 20.0 Å². The molecule has 1 aliphatic rings. The molecule has 10 heteroatoms. The van der Waals surface area contributed by atoms with Gasteiger partial charge in [-0.25, -0.2) is 21.2 Å². The number of benzene rings is 2. The van der Waals surface area contributed by atoms with Gasteiger partial charge in [-0.05, 0) is 49.2 Å². The highest BCUT2D eigenvalue weighted by Gasteiger charge is 2.27. The van der Waals surface area contributed by atoms with E-state index in [1.54, 1.807) is 0 Å². The van der Waals surface area contributed by atoms with E-state index in [4.69, 9.17) is 11.6 Å². The van der Waals surface area contributed by atoms with Crippen molar-refractivity contribution in [3.63, 3.8) is 0 Å². The van der Waals surface area contributed by atoms with Crippen molar-refractivity contribution in [2.24, 2.45) is 0 Å². The van der Waals surface area contributed by atoms with Gasteiger partial charge in [0.1, 0.15) is 10.7 Å². The largest absolute Gasteiger partial charge is 0.279 e. The Labute approximate surface area is 156 Å². The molecule has 3 rings (SSSR count). The Morgan fingerprint density at radius 3 is 2.35 bits per heavy atom. The van der Waals surface area contributed by atoms with Gasteiger partial charge in [0.25, 0.3) is 10.0 Å². The first kappa shape index (κ1) is 19.1. The third-order valence-electron chi connectivity index (χ3n) is 3.97. The molecular weight excluding hydrogens is 403 g/mol. The lowest BCUT2D eigenvalue weighted by molar-refractivity contribution is 0.477. The number of hydrogen-bond acceptors (Lipinski definition) is 4. The highest BCUT2D eigenvalue weighted by Crippen LogP contribution is 2.25. The topological polar surface area (TPSA) is 83.5 Å². The molecule has 0 aromatic heterocycles. The van der Waals surface area contributed by atoms with E-state index >= 15 is 0 Å². The molecule has 0 aliphatic carbocycles. The van der Waals surface area contributed by atoms with Crippen LogP contribution in [0.2, 0.25) is 5.02 Å². The Hall–Kier alpha value is -1.68. The SMILES string of the molecule is O=S(=O)(Nc1cccc(S(=O)(=O)N2CCCC2)c1)c1ccc(Cl)cc1F. The molecule has 0 amide bonds. The fourth-order valence-electron chi connectivity index (χ4n) is 2.70. The Bertz CT molecular complexity index is 1040. The number of hydrogen-bond donors (Lipinski definition) is 1. The van der Waals surface area contributed by atoms with E-state index in [1.165, 1.54) is 34.6 Å². The maximum atomic E-state index is 13.9. The summed E-state index contributed by atoms with van der Waals surface area (Å²) in [4.78, 5) is -0.592. The molecule has 140 valence electrons. The van der Waals surface area contributed by atoms with Gasteiger partial charge < -0.3 is 0 Å². The molecule has 0 spiro atoms. The number of sulfonamides is 2. The smallest absolute Gasteiger partial charge is 0.264 e. The number of anilines is 1. The van der Waals surface area contributed by atoms with Crippen LogP contribution in [0.5, 0.6) is 0 Å². The third-order valence-corrected chi connectivity index (χ3v) is 7.52. The van der Waals surface area contributed by atoms with Gasteiger partial charge in [-0.1, -0.05) is 17.7 Å². The van der Waals surface area contributed by atoms with Crippen molar-refractivity contribution >= 4 is 37.3 Å². The van der Waals surface area contributed by atoms with Crippen molar-refractivity contribution in [3.8, 4) is 0 Å². The Balaban J connectivity index is 1.91. The van der Waals surface area contributed by atoms with Gasteiger partial charge in [-0.2, -0.15) is 4.31 Å². The van der Waals surface area contributed by atoms with E-state index in [2.05, 4.69) is 4.72 Å². The van der Waals surface area contributed by atoms with Crippen molar-refractivity contribution in [2.45, 2.75) is 22.6 Å². The van der Waals surface area contributed by atoms with Gasteiger partial charge in [0.2, 0.25) is 10.0 Å². The molecule has 2 aromatic carbocycles. The lowest BCUT2D eigenvalue weighted by Crippen LogP contribution is -2.28. The molecule has 0 atom stereocenters. The molecule has 1 aliphatic heterocycles. The van der Waals surface area contributed by atoms with E-state index in [-0.39, 0.29) is 15.6 Å². The first-order chi connectivity index (χ1) is 12.2. The van der Waals surface area contributed by atoms with Crippen molar-refractivity contribution in [1.29, 1.82) is 0 Å². The molecule has 1 fully saturated rings. The van der Waals surface area contributed by atoms with E-state index in [0.717, 1.165) is 25.0 Å². The molecule has 1 saturated heterocycles. The van der Waals surface area contributed by atoms with Gasteiger partial charge in [-0.15, -0.1) is 0 Å². The predicted molar refractivity (Wildman–Crippen MR) is 96.7 cm³/mol. The van der Waals surface area contributed by atoms with Crippen LogP contribution in [0.3, 0.4) is 0 Å². The minimum Gasteiger partial charge on any atom is -0.279 e. The number of nitrogens with zero attached hydrogens (tertiary/aromatic N) is 1. The highest BCUT2D eigenvalue weighted by atomic mass is 35.5. The summed E-state index contributed by atoms with van der Waals surface area (Å²) in [7, 11) is -7.92. The fraction of sp³-hybridized carbons (Fsp3) is 0.250. The van der Waals surface area contributed by atoms with Crippen LogP contribution in [-0.4, -0.2) is 34.2 Å². The second-order valence-corrected chi connectivity index (χ2v) is 9.84. The average molecular weight is 419 g/mol. The molecule has 2 aromatic rings. The Morgan fingerprint density at radius 2 is 1.69 bits per heavy atom. The van der Waals surface area contributed by atoms with Crippen LogP contribution in [0.1, 0.15) is 12.8 Å². The monoisotopic (exact) mass is 418 g/mol. The second kappa shape index (κ2) is 7.15. The fourth-order valence-corrected chi connectivity index (χ4v) is 5.53. The van der Waals surface area contributed by atoms with Gasteiger partial charge in [0, 0.05) is 18.1 Å². The first-order valence-corrected chi connectivity index (χ1v) is 11.1. The average Bonchev–Trinajstić information content (AvgIpc) is 3.09. The summed E-state index contributed by atoms with van der Waals surface area (Å²) >= 11 is 5.63. The second-order valence-electron chi connectivity index (χ2n) is 5.82. The molecule has 0 bridgehead atoms. The van der Waals surface area contributed by atoms with Gasteiger partial charge in [-0.3, -0.25) is 4.72 Å². The van der Waals surface area contributed by atoms with E-state index < -0.39 is 30.8 Å². The lowest BCUT2D eigenvalue weighted by atomic mass is 10.3. The zero-order valence-electron chi connectivity index (χ0n) is 13.5. The zero-order valence-corrected chi connectivity index (χ0v) is 15.9. The minimum absolute atomic E-state index is 0.0174. The normalized spacial score (nSPS) is 15.9. The van der Waals surface area contributed by atoms with E-state index in [1.807, 2.05) is 0 Å². The third kappa shape index (κ3) is 3.85. The molecule has 26 heavy (non-hydrogen) atoms. The quantitative estimate of drug-likeness (QED) is 0.808. The highest BCUT2D eigenvalue weighted by molar-refractivity contribution is 7.92. The first-order valence-electron chi connectivity index (χ1n) is 7.78. The van der Waals surface area contributed by atoms with Gasteiger partial charge in [0.05, 0.1) is 10.6 Å². The van der Waals surface area contributed by atoms with Crippen LogP contribution >= 0.6 is 11.6 Å². The lowest BCUT2D eigenvalue weighted by Gasteiger charge is -2.16. The molecule has 6 nitrogen and oxygen atoms in total. The van der Waals surface area contributed by atoms with Gasteiger partial charge >= 0.3 is 0 Å². The van der Waals surface area contributed by atoms with Crippen LogP contribution < -0.4 is 4.72 Å². The van der Waals surface area contributed by atoms with Crippen LogP contribution in [0.25, 0.3) is 0 Å². The van der Waals surface area contributed by atoms with Crippen molar-refractivity contribution < 1.29 is 21.2 Å². The van der Waals surface area contributed by atoms with E-state index in [9.17, 15) is 21.2 Å². The molecule has 0 saturated carbocycles. The molecular formula is C16H16ClFN2O4S2. The maximum absolute atomic E-state index is 13.9.